The van der Waals surface area contributed by atoms with Crippen molar-refractivity contribution in [1.82, 2.24) is 0 Å². The van der Waals surface area contributed by atoms with Crippen LogP contribution in [0.4, 0.5) is 0 Å². The number of benzene rings is 4. The molecule has 1 N–H and O–H groups in total. The third kappa shape index (κ3) is 3.92. The number of methoxy groups -OCH3 is 2. The Balaban J connectivity index is 1.65. The van der Waals surface area contributed by atoms with Gasteiger partial charge in [-0.05, 0) is 107 Å². The Morgan fingerprint density at radius 3 is 2.03 bits per heavy atom. The van der Waals surface area contributed by atoms with E-state index < -0.39 is 0 Å². The largest absolute Gasteiger partial charge is 0.507 e. The van der Waals surface area contributed by atoms with Gasteiger partial charge >= 0.3 is 0 Å². The lowest BCUT2D eigenvalue weighted by Gasteiger charge is -2.51. The lowest BCUT2D eigenvalue weighted by atomic mass is 9.52. The Labute approximate surface area is 232 Å². The topological polar surface area (TPSA) is 38.7 Å². The van der Waals surface area contributed by atoms with Crippen LogP contribution in [-0.4, -0.2) is 19.3 Å². The summed E-state index contributed by atoms with van der Waals surface area (Å²) in [5.41, 5.74) is 10.1. The number of phenols is 1. The van der Waals surface area contributed by atoms with Crippen LogP contribution in [0.15, 0.2) is 54.6 Å². The summed E-state index contributed by atoms with van der Waals surface area (Å²) in [5.74, 6) is 1.86. The number of ether oxygens (including phenoxy) is 2. The molecule has 6 rings (SSSR count). The van der Waals surface area contributed by atoms with Crippen molar-refractivity contribution in [2.75, 3.05) is 14.2 Å². The lowest BCUT2D eigenvalue weighted by Crippen LogP contribution is -2.43. The number of rotatable bonds is 3. The van der Waals surface area contributed by atoms with Crippen molar-refractivity contribution in [2.45, 2.75) is 66.2 Å². The van der Waals surface area contributed by atoms with Gasteiger partial charge in [0.15, 0.2) is 0 Å². The van der Waals surface area contributed by atoms with Crippen molar-refractivity contribution >= 4 is 10.8 Å². The first kappa shape index (κ1) is 25.8. The van der Waals surface area contributed by atoms with Gasteiger partial charge < -0.3 is 14.6 Å². The minimum Gasteiger partial charge on any atom is -0.507 e. The Hall–Kier alpha value is -3.46. The van der Waals surface area contributed by atoms with E-state index in [-0.39, 0.29) is 16.2 Å². The summed E-state index contributed by atoms with van der Waals surface area (Å²) in [4.78, 5) is 0. The molecule has 1 fully saturated rings. The number of aryl methyl sites for hydroxylation is 2. The van der Waals surface area contributed by atoms with Crippen LogP contribution in [0.5, 0.6) is 17.2 Å². The van der Waals surface area contributed by atoms with E-state index >= 15 is 0 Å². The van der Waals surface area contributed by atoms with E-state index in [2.05, 4.69) is 77.9 Å². The first-order valence-electron chi connectivity index (χ1n) is 14.0. The Morgan fingerprint density at radius 1 is 0.667 bits per heavy atom. The van der Waals surface area contributed by atoms with E-state index in [4.69, 9.17) is 9.47 Å². The highest BCUT2D eigenvalue weighted by molar-refractivity contribution is 6.07. The Bertz CT molecular complexity index is 1620. The number of hydrogen-bond donors (Lipinski definition) is 1. The number of fused-ring (bicyclic) bond motifs is 7. The normalized spacial score (nSPS) is 18.2. The monoisotopic (exact) mass is 520 g/mol. The van der Waals surface area contributed by atoms with Gasteiger partial charge in [-0.3, -0.25) is 0 Å². The molecule has 0 saturated heterocycles. The van der Waals surface area contributed by atoms with Crippen LogP contribution in [0.25, 0.3) is 33.0 Å². The average molecular weight is 521 g/mol. The molecule has 1 spiro atoms. The maximum atomic E-state index is 11.7. The van der Waals surface area contributed by atoms with Gasteiger partial charge in [0, 0.05) is 22.4 Å². The molecule has 4 aromatic rings. The second-order valence-corrected chi connectivity index (χ2v) is 13.6. The smallest absolute Gasteiger partial charge is 0.130 e. The molecule has 0 aliphatic heterocycles. The molecule has 202 valence electrons. The number of hydrogen-bond acceptors (Lipinski definition) is 3. The molecule has 2 aliphatic rings. The van der Waals surface area contributed by atoms with Crippen LogP contribution >= 0.6 is 0 Å². The van der Waals surface area contributed by atoms with Crippen LogP contribution in [0.2, 0.25) is 0 Å². The standard InChI is InChI=1S/C36H40O3/c1-21-9-11-25-29(13-21)36(19-34(3,4)18-35(5,6)20-36)30-17-31(37)27-16-26(22(2)14-28(27)33(25)30)24-12-10-23(38-7)15-32(24)39-8/h9-17,37H,18-20H2,1-8H3. The predicted molar refractivity (Wildman–Crippen MR) is 161 cm³/mol. The van der Waals surface area contributed by atoms with E-state index in [1.807, 2.05) is 18.2 Å². The lowest BCUT2D eigenvalue weighted by molar-refractivity contribution is 0.0645. The van der Waals surface area contributed by atoms with Crippen molar-refractivity contribution in [3.63, 3.8) is 0 Å². The van der Waals surface area contributed by atoms with Gasteiger partial charge in [-0.2, -0.15) is 0 Å². The average Bonchev–Trinajstić information content (AvgIpc) is 3.09. The molecule has 0 amide bonds. The van der Waals surface area contributed by atoms with E-state index in [0.29, 0.717) is 5.75 Å². The fraction of sp³-hybridized carbons (Fsp3) is 0.389. The van der Waals surface area contributed by atoms with Crippen molar-refractivity contribution < 1.29 is 14.6 Å². The molecule has 0 unspecified atom stereocenters. The van der Waals surface area contributed by atoms with E-state index in [1.54, 1.807) is 14.2 Å². The molecule has 1 saturated carbocycles. The van der Waals surface area contributed by atoms with Gasteiger partial charge in [-0.1, -0.05) is 57.5 Å². The molecule has 0 atom stereocenters. The van der Waals surface area contributed by atoms with Crippen LogP contribution in [0.3, 0.4) is 0 Å². The highest BCUT2D eigenvalue weighted by Crippen LogP contribution is 2.65. The van der Waals surface area contributed by atoms with Crippen LogP contribution in [-0.2, 0) is 5.41 Å². The van der Waals surface area contributed by atoms with Gasteiger partial charge in [0.1, 0.15) is 17.2 Å². The molecule has 0 heterocycles. The van der Waals surface area contributed by atoms with Gasteiger partial charge in [0.25, 0.3) is 0 Å². The van der Waals surface area contributed by atoms with Gasteiger partial charge in [0.05, 0.1) is 14.2 Å². The molecule has 39 heavy (non-hydrogen) atoms. The zero-order valence-electron chi connectivity index (χ0n) is 24.6. The molecule has 3 heteroatoms. The maximum absolute atomic E-state index is 11.7. The summed E-state index contributed by atoms with van der Waals surface area (Å²) in [5, 5.41) is 13.7. The summed E-state index contributed by atoms with van der Waals surface area (Å²) >= 11 is 0. The van der Waals surface area contributed by atoms with Crippen LogP contribution in [0.1, 0.15) is 69.2 Å². The van der Waals surface area contributed by atoms with Crippen molar-refractivity contribution in [3.8, 4) is 39.5 Å². The van der Waals surface area contributed by atoms with E-state index in [0.717, 1.165) is 51.8 Å². The minimum atomic E-state index is -0.112. The first-order chi connectivity index (χ1) is 18.4. The molecule has 3 nitrogen and oxygen atoms in total. The van der Waals surface area contributed by atoms with Crippen LogP contribution in [0, 0.1) is 24.7 Å². The van der Waals surface area contributed by atoms with Gasteiger partial charge in [-0.25, -0.2) is 0 Å². The number of aromatic hydroxyl groups is 1. The quantitative estimate of drug-likeness (QED) is 0.292. The fourth-order valence-corrected chi connectivity index (χ4v) is 8.45. The molecular weight excluding hydrogens is 480 g/mol. The SMILES string of the molecule is COc1ccc(-c2cc3c(O)cc4c(c3cc2C)-c2ccc(C)cc2C42CC(C)(C)CC(C)(C)C2)c(OC)c1. The fourth-order valence-electron chi connectivity index (χ4n) is 8.45. The third-order valence-corrected chi connectivity index (χ3v) is 9.15. The second-order valence-electron chi connectivity index (χ2n) is 13.6. The van der Waals surface area contributed by atoms with Crippen molar-refractivity contribution in [3.05, 3.63) is 76.9 Å². The van der Waals surface area contributed by atoms with Crippen molar-refractivity contribution in [1.29, 1.82) is 0 Å². The Kier molecular flexibility index (Phi) is 5.63. The van der Waals surface area contributed by atoms with E-state index in [1.165, 1.54) is 34.2 Å². The summed E-state index contributed by atoms with van der Waals surface area (Å²) in [6, 6.07) is 19.4. The summed E-state index contributed by atoms with van der Waals surface area (Å²) < 4.78 is 11.2. The summed E-state index contributed by atoms with van der Waals surface area (Å²) in [7, 11) is 3.35. The van der Waals surface area contributed by atoms with Crippen molar-refractivity contribution in [2.24, 2.45) is 10.8 Å². The molecule has 0 aromatic heterocycles. The van der Waals surface area contributed by atoms with Gasteiger partial charge in [-0.15, -0.1) is 0 Å². The molecule has 4 aromatic carbocycles. The summed E-state index contributed by atoms with van der Waals surface area (Å²) in [6.45, 7) is 14.0. The zero-order valence-corrected chi connectivity index (χ0v) is 24.6. The highest BCUT2D eigenvalue weighted by Gasteiger charge is 2.53. The molecule has 0 bridgehead atoms. The van der Waals surface area contributed by atoms with E-state index in [9.17, 15) is 5.11 Å². The highest BCUT2D eigenvalue weighted by atomic mass is 16.5. The zero-order chi connectivity index (χ0) is 27.9. The second kappa shape index (κ2) is 8.52. The van der Waals surface area contributed by atoms with Gasteiger partial charge in [0.2, 0.25) is 0 Å². The minimum absolute atomic E-state index is 0.112. The first-order valence-corrected chi connectivity index (χ1v) is 14.0. The Morgan fingerprint density at radius 2 is 1.36 bits per heavy atom. The predicted octanol–water partition coefficient (Wildman–Crippen LogP) is 9.35. The molecule has 0 radical (unpaired) electrons. The molecular formula is C36H40O3. The summed E-state index contributed by atoms with van der Waals surface area (Å²) in [6.07, 6.45) is 3.36. The van der Waals surface area contributed by atoms with Crippen LogP contribution < -0.4 is 9.47 Å². The molecule has 2 aliphatic carbocycles. The number of phenolic OH excluding ortho intramolecular Hbond substituents is 1. The maximum Gasteiger partial charge on any atom is 0.130 e. The third-order valence-electron chi connectivity index (χ3n) is 9.15.